The van der Waals surface area contributed by atoms with Crippen LogP contribution < -0.4 is 15.4 Å². The Balaban J connectivity index is 1.47. The number of hydrogen-bond donors (Lipinski definition) is 2. The first-order valence-electron chi connectivity index (χ1n) is 9.34. The van der Waals surface area contributed by atoms with Crippen molar-refractivity contribution >= 4 is 11.7 Å². The highest BCUT2D eigenvalue weighted by atomic mass is 16.5. The van der Waals surface area contributed by atoms with E-state index in [-0.39, 0.29) is 6.03 Å². The van der Waals surface area contributed by atoms with Crippen molar-refractivity contribution in [3.8, 4) is 5.75 Å². The van der Waals surface area contributed by atoms with Crippen LogP contribution in [-0.2, 0) is 6.54 Å². The van der Waals surface area contributed by atoms with Gasteiger partial charge in [0.1, 0.15) is 12.4 Å². The quantitative estimate of drug-likeness (QED) is 0.609. The molecule has 0 aliphatic carbocycles. The SMILES string of the molecule is Cc1cc(C)n(Cc2cccc(NC(=O)NCCOc3ccccc3C)c2)n1. The number of amides is 2. The Labute approximate surface area is 165 Å². The molecular formula is C22H26N4O2. The van der Waals surface area contributed by atoms with Crippen LogP contribution in [0, 0.1) is 20.8 Å². The van der Waals surface area contributed by atoms with Gasteiger partial charge < -0.3 is 15.4 Å². The molecule has 0 spiro atoms. The van der Waals surface area contributed by atoms with E-state index in [9.17, 15) is 4.79 Å². The Hall–Kier alpha value is -3.28. The lowest BCUT2D eigenvalue weighted by molar-refractivity contribution is 0.247. The minimum absolute atomic E-state index is 0.253. The van der Waals surface area contributed by atoms with E-state index in [1.54, 1.807) is 0 Å². The molecule has 6 nitrogen and oxygen atoms in total. The van der Waals surface area contributed by atoms with E-state index in [1.165, 1.54) is 0 Å². The van der Waals surface area contributed by atoms with Crippen LogP contribution in [-0.4, -0.2) is 29.0 Å². The molecule has 3 aromatic rings. The lowest BCUT2D eigenvalue weighted by atomic mass is 10.2. The number of carbonyl (C=O) groups excluding carboxylic acids is 1. The zero-order valence-electron chi connectivity index (χ0n) is 16.5. The average molecular weight is 378 g/mol. The van der Waals surface area contributed by atoms with Gasteiger partial charge in [0.25, 0.3) is 0 Å². The molecule has 0 aliphatic rings. The van der Waals surface area contributed by atoms with Crippen molar-refractivity contribution in [2.75, 3.05) is 18.5 Å². The molecule has 0 saturated heterocycles. The van der Waals surface area contributed by atoms with Gasteiger partial charge in [-0.15, -0.1) is 0 Å². The van der Waals surface area contributed by atoms with Gasteiger partial charge in [-0.1, -0.05) is 30.3 Å². The molecule has 0 aliphatic heterocycles. The van der Waals surface area contributed by atoms with Crippen molar-refractivity contribution in [1.82, 2.24) is 15.1 Å². The molecule has 1 heterocycles. The normalized spacial score (nSPS) is 10.5. The molecule has 3 rings (SSSR count). The topological polar surface area (TPSA) is 68.2 Å². The molecule has 0 atom stereocenters. The predicted molar refractivity (Wildman–Crippen MR) is 111 cm³/mol. The van der Waals surface area contributed by atoms with E-state index in [2.05, 4.69) is 21.8 Å². The molecule has 2 N–H and O–H groups in total. The van der Waals surface area contributed by atoms with Crippen molar-refractivity contribution in [2.45, 2.75) is 27.3 Å². The molecule has 0 saturated carbocycles. The van der Waals surface area contributed by atoms with Gasteiger partial charge in [-0.05, 0) is 56.2 Å². The van der Waals surface area contributed by atoms with Gasteiger partial charge in [0, 0.05) is 11.4 Å². The summed E-state index contributed by atoms with van der Waals surface area (Å²) in [4.78, 5) is 12.1. The second kappa shape index (κ2) is 9.08. The summed E-state index contributed by atoms with van der Waals surface area (Å²) in [5.74, 6) is 0.835. The monoisotopic (exact) mass is 378 g/mol. The summed E-state index contributed by atoms with van der Waals surface area (Å²) in [6.45, 7) is 7.51. The van der Waals surface area contributed by atoms with Crippen LogP contribution in [0.2, 0.25) is 0 Å². The first kappa shape index (κ1) is 19.5. The summed E-state index contributed by atoms with van der Waals surface area (Å²) in [6.07, 6.45) is 0. The van der Waals surface area contributed by atoms with E-state index >= 15 is 0 Å². The Morgan fingerprint density at radius 1 is 1.07 bits per heavy atom. The van der Waals surface area contributed by atoms with Crippen LogP contribution in [0.4, 0.5) is 10.5 Å². The maximum absolute atomic E-state index is 12.1. The van der Waals surface area contributed by atoms with Gasteiger partial charge in [-0.3, -0.25) is 4.68 Å². The Kier molecular flexibility index (Phi) is 6.32. The number of aryl methyl sites for hydroxylation is 3. The third kappa shape index (κ3) is 5.36. The van der Waals surface area contributed by atoms with E-state index in [0.717, 1.165) is 34.0 Å². The third-order valence-electron chi connectivity index (χ3n) is 4.36. The van der Waals surface area contributed by atoms with Crippen molar-refractivity contribution in [3.63, 3.8) is 0 Å². The number of aromatic nitrogens is 2. The number of nitrogens with zero attached hydrogens (tertiary/aromatic N) is 2. The molecule has 0 unspecified atom stereocenters. The first-order valence-corrected chi connectivity index (χ1v) is 9.34. The molecule has 0 fully saturated rings. The predicted octanol–water partition coefficient (Wildman–Crippen LogP) is 4.06. The van der Waals surface area contributed by atoms with Gasteiger partial charge in [0.2, 0.25) is 0 Å². The summed E-state index contributed by atoms with van der Waals surface area (Å²) in [6, 6.07) is 17.4. The minimum Gasteiger partial charge on any atom is -0.491 e. The molecule has 2 aromatic carbocycles. The van der Waals surface area contributed by atoms with Crippen LogP contribution in [0.25, 0.3) is 0 Å². The van der Waals surface area contributed by atoms with Gasteiger partial charge >= 0.3 is 6.03 Å². The lowest BCUT2D eigenvalue weighted by Gasteiger charge is -2.11. The first-order chi connectivity index (χ1) is 13.5. The number of benzene rings is 2. The largest absolute Gasteiger partial charge is 0.491 e. The van der Waals surface area contributed by atoms with Gasteiger partial charge in [0.05, 0.1) is 18.8 Å². The van der Waals surface area contributed by atoms with Crippen LogP contribution in [0.5, 0.6) is 5.75 Å². The molecule has 28 heavy (non-hydrogen) atoms. The number of para-hydroxylation sites is 1. The summed E-state index contributed by atoms with van der Waals surface area (Å²) in [7, 11) is 0. The fraction of sp³-hybridized carbons (Fsp3) is 0.273. The Morgan fingerprint density at radius 3 is 2.64 bits per heavy atom. The minimum atomic E-state index is -0.253. The summed E-state index contributed by atoms with van der Waals surface area (Å²) >= 11 is 0. The lowest BCUT2D eigenvalue weighted by Crippen LogP contribution is -2.32. The van der Waals surface area contributed by atoms with Crippen LogP contribution >= 0.6 is 0 Å². The zero-order chi connectivity index (χ0) is 19.9. The van der Waals surface area contributed by atoms with Crippen molar-refractivity contribution in [1.29, 1.82) is 0 Å². The molecule has 0 bridgehead atoms. The summed E-state index contributed by atoms with van der Waals surface area (Å²) in [5, 5.41) is 10.2. The molecule has 1 aromatic heterocycles. The molecule has 146 valence electrons. The number of hydrogen-bond acceptors (Lipinski definition) is 3. The highest BCUT2D eigenvalue weighted by Gasteiger charge is 2.05. The summed E-state index contributed by atoms with van der Waals surface area (Å²) < 4.78 is 7.64. The Bertz CT molecular complexity index is 949. The van der Waals surface area contributed by atoms with E-state index in [1.807, 2.05) is 74.0 Å². The summed E-state index contributed by atoms with van der Waals surface area (Å²) in [5.41, 5.74) is 5.01. The van der Waals surface area contributed by atoms with Crippen molar-refractivity contribution in [2.24, 2.45) is 0 Å². The smallest absolute Gasteiger partial charge is 0.319 e. The standard InChI is InChI=1S/C22H26N4O2/c1-16-7-4-5-10-21(16)28-12-11-23-22(27)24-20-9-6-8-19(14-20)15-26-18(3)13-17(2)25-26/h4-10,13-14H,11-12,15H2,1-3H3,(H2,23,24,27). The number of rotatable bonds is 7. The fourth-order valence-corrected chi connectivity index (χ4v) is 2.97. The van der Waals surface area contributed by atoms with Gasteiger partial charge in [-0.25, -0.2) is 4.79 Å². The number of nitrogens with one attached hydrogen (secondary N) is 2. The van der Waals surface area contributed by atoms with Gasteiger partial charge in [0.15, 0.2) is 0 Å². The van der Waals surface area contributed by atoms with E-state index in [0.29, 0.717) is 19.7 Å². The van der Waals surface area contributed by atoms with E-state index in [4.69, 9.17) is 4.74 Å². The van der Waals surface area contributed by atoms with Crippen LogP contribution in [0.1, 0.15) is 22.5 Å². The third-order valence-corrected chi connectivity index (χ3v) is 4.36. The number of anilines is 1. The van der Waals surface area contributed by atoms with Crippen molar-refractivity contribution in [3.05, 3.63) is 77.1 Å². The number of carbonyl (C=O) groups is 1. The zero-order valence-corrected chi connectivity index (χ0v) is 16.5. The van der Waals surface area contributed by atoms with Crippen LogP contribution in [0.15, 0.2) is 54.6 Å². The maximum atomic E-state index is 12.1. The second-order valence-corrected chi connectivity index (χ2v) is 6.78. The van der Waals surface area contributed by atoms with Crippen LogP contribution in [0.3, 0.4) is 0 Å². The Morgan fingerprint density at radius 2 is 1.89 bits per heavy atom. The highest BCUT2D eigenvalue weighted by Crippen LogP contribution is 2.16. The number of urea groups is 1. The number of ether oxygens (including phenoxy) is 1. The average Bonchev–Trinajstić information content (AvgIpc) is 2.97. The highest BCUT2D eigenvalue weighted by molar-refractivity contribution is 5.89. The second-order valence-electron chi connectivity index (χ2n) is 6.78. The fourth-order valence-electron chi connectivity index (χ4n) is 2.97. The molecule has 2 amide bonds. The molecule has 0 radical (unpaired) electrons. The van der Waals surface area contributed by atoms with Gasteiger partial charge in [-0.2, -0.15) is 5.10 Å². The van der Waals surface area contributed by atoms with E-state index < -0.39 is 0 Å². The maximum Gasteiger partial charge on any atom is 0.319 e. The molecular weight excluding hydrogens is 352 g/mol. The molecule has 6 heteroatoms. The van der Waals surface area contributed by atoms with Crippen molar-refractivity contribution < 1.29 is 9.53 Å².